The molecule has 0 aromatic heterocycles. The molecule has 160 valence electrons. The molecule has 0 saturated heterocycles. The molecular weight excluding hydrogens is 376 g/mol. The number of urea groups is 1. The van der Waals surface area contributed by atoms with Gasteiger partial charge in [0.05, 0.1) is 0 Å². The number of amides is 2. The summed E-state index contributed by atoms with van der Waals surface area (Å²) in [6.07, 6.45) is 5.69. The average molecular weight is 413 g/mol. The van der Waals surface area contributed by atoms with Crippen molar-refractivity contribution >= 4 is 28.8 Å². The highest BCUT2D eigenvalue weighted by Gasteiger charge is 2.38. The average Bonchev–Trinajstić information content (AvgIpc) is 3.11. The van der Waals surface area contributed by atoms with Crippen LogP contribution >= 0.6 is 11.8 Å². The van der Waals surface area contributed by atoms with E-state index in [1.165, 1.54) is 23.2 Å². The predicted molar refractivity (Wildman–Crippen MR) is 114 cm³/mol. The summed E-state index contributed by atoms with van der Waals surface area (Å²) < 4.78 is 5.80. The molecule has 0 aromatic carbocycles. The van der Waals surface area contributed by atoms with Gasteiger partial charge < -0.3 is 15.0 Å². The third-order valence-electron chi connectivity index (χ3n) is 5.25. The van der Waals surface area contributed by atoms with Gasteiger partial charge in [0.25, 0.3) is 11.5 Å². The summed E-state index contributed by atoms with van der Waals surface area (Å²) in [5, 5.41) is 9.02. The number of carbonyl (C=O) groups excluding carboxylic acids is 2. The number of hydrogen-bond donors (Lipinski definition) is 1. The Kier molecular flexibility index (Phi) is 9.58. The monoisotopic (exact) mass is 412 g/mol. The van der Waals surface area contributed by atoms with Crippen LogP contribution in [0.4, 0.5) is 4.79 Å². The van der Waals surface area contributed by atoms with E-state index in [0.717, 1.165) is 50.9 Å². The predicted octanol–water partition coefficient (Wildman–Crippen LogP) is 3.65. The first kappa shape index (κ1) is 23.0. The van der Waals surface area contributed by atoms with E-state index >= 15 is 0 Å². The number of hydrogen-bond acceptors (Lipinski definition) is 6. The number of nitrogens with one attached hydrogen (secondary N) is 1. The molecule has 1 unspecified atom stereocenters. The molecule has 0 bridgehead atoms. The van der Waals surface area contributed by atoms with E-state index in [4.69, 9.17) is 4.74 Å². The van der Waals surface area contributed by atoms with Crippen LogP contribution in [0, 0.1) is 5.92 Å². The third-order valence-corrected chi connectivity index (χ3v) is 6.06. The van der Waals surface area contributed by atoms with Gasteiger partial charge in [-0.3, -0.25) is 4.79 Å². The van der Waals surface area contributed by atoms with Crippen LogP contribution < -0.4 is 5.32 Å². The molecule has 2 aliphatic rings. The van der Waals surface area contributed by atoms with Gasteiger partial charge in [-0.2, -0.15) is 5.01 Å². The lowest BCUT2D eigenvalue weighted by atomic mass is 9.96. The molecular formula is C20H36N4O3S. The molecule has 1 atom stereocenters. The zero-order valence-corrected chi connectivity index (χ0v) is 18.6. The molecule has 2 amide bonds. The smallest absolute Gasteiger partial charge is 0.341 e. The molecule has 1 aliphatic carbocycles. The summed E-state index contributed by atoms with van der Waals surface area (Å²) in [5.74, 6) is 1.14. The standard InChI is InChI=1S/C20H36N4O3S/c1-5-23(4)13-14-28-20-22-24(18(27-20)17(25)12-11-15(2)3)19(26)21-16-9-7-6-8-10-16/h15-16,18H,5-14H2,1-4H3,(H,21,26). The third kappa shape index (κ3) is 7.28. The summed E-state index contributed by atoms with van der Waals surface area (Å²) >= 11 is 1.45. The molecule has 1 N–H and O–H groups in total. The lowest BCUT2D eigenvalue weighted by Crippen LogP contribution is -2.48. The molecule has 1 heterocycles. The summed E-state index contributed by atoms with van der Waals surface area (Å²) in [4.78, 5) is 27.7. The fourth-order valence-electron chi connectivity index (χ4n) is 3.22. The Morgan fingerprint density at radius 3 is 2.68 bits per heavy atom. The first-order valence-electron chi connectivity index (χ1n) is 10.6. The molecule has 0 radical (unpaired) electrons. The number of rotatable bonds is 9. The number of Topliss-reactive ketones (excluding diaryl/α,β-unsaturated/α-hetero) is 1. The Bertz CT molecular complexity index is 550. The van der Waals surface area contributed by atoms with E-state index in [2.05, 4.69) is 43.1 Å². The van der Waals surface area contributed by atoms with E-state index in [-0.39, 0.29) is 17.9 Å². The van der Waals surface area contributed by atoms with Crippen molar-refractivity contribution in [2.75, 3.05) is 25.9 Å². The van der Waals surface area contributed by atoms with Gasteiger partial charge in [-0.25, -0.2) is 4.79 Å². The number of ether oxygens (including phenoxy) is 1. The highest BCUT2D eigenvalue weighted by atomic mass is 32.2. The molecule has 0 spiro atoms. The van der Waals surface area contributed by atoms with Crippen molar-refractivity contribution in [3.8, 4) is 0 Å². The number of hydrazone groups is 1. The van der Waals surface area contributed by atoms with Gasteiger partial charge in [0.2, 0.25) is 0 Å². The van der Waals surface area contributed by atoms with Crippen LogP contribution in [-0.2, 0) is 9.53 Å². The van der Waals surface area contributed by atoms with Gasteiger partial charge in [0.1, 0.15) is 0 Å². The molecule has 8 heteroatoms. The van der Waals surface area contributed by atoms with E-state index in [1.807, 2.05) is 0 Å². The van der Waals surface area contributed by atoms with Crippen LogP contribution in [0.15, 0.2) is 5.10 Å². The molecule has 28 heavy (non-hydrogen) atoms. The van der Waals surface area contributed by atoms with Crippen LogP contribution in [0.3, 0.4) is 0 Å². The van der Waals surface area contributed by atoms with Gasteiger partial charge in [-0.05, 0) is 38.8 Å². The maximum atomic E-state index is 12.8. The minimum absolute atomic E-state index is 0.0856. The van der Waals surface area contributed by atoms with Crippen molar-refractivity contribution in [2.45, 2.75) is 78.0 Å². The first-order chi connectivity index (χ1) is 13.4. The van der Waals surface area contributed by atoms with Gasteiger partial charge >= 0.3 is 6.03 Å². The van der Waals surface area contributed by atoms with Gasteiger partial charge in [-0.15, -0.1) is 5.10 Å². The normalized spacial score (nSPS) is 20.4. The molecule has 0 aromatic rings. The summed E-state index contributed by atoms with van der Waals surface area (Å²) in [6, 6.07) is -0.158. The highest BCUT2D eigenvalue weighted by Crippen LogP contribution is 2.24. The summed E-state index contributed by atoms with van der Waals surface area (Å²) in [7, 11) is 2.06. The Balaban J connectivity index is 1.98. The van der Waals surface area contributed by atoms with Crippen molar-refractivity contribution in [1.29, 1.82) is 0 Å². The van der Waals surface area contributed by atoms with E-state index < -0.39 is 6.23 Å². The zero-order chi connectivity index (χ0) is 20.5. The number of carbonyl (C=O) groups is 2. The second-order valence-corrected chi connectivity index (χ2v) is 9.15. The second kappa shape index (κ2) is 11.7. The van der Waals surface area contributed by atoms with E-state index in [1.54, 1.807) is 0 Å². The SMILES string of the molecule is CCN(C)CCSC1=NN(C(=O)NC2CCCCC2)C(C(=O)CCC(C)C)O1. The molecule has 1 aliphatic heterocycles. The lowest BCUT2D eigenvalue weighted by Gasteiger charge is -2.26. The molecule has 2 rings (SSSR count). The molecule has 7 nitrogen and oxygen atoms in total. The quantitative estimate of drug-likeness (QED) is 0.626. The number of thioether (sulfide) groups is 1. The van der Waals surface area contributed by atoms with E-state index in [9.17, 15) is 9.59 Å². The van der Waals surface area contributed by atoms with Crippen LogP contribution in [0.5, 0.6) is 0 Å². The number of nitrogens with zero attached hydrogens (tertiary/aromatic N) is 3. The van der Waals surface area contributed by atoms with Gasteiger partial charge in [0, 0.05) is 24.8 Å². The van der Waals surface area contributed by atoms with Crippen molar-refractivity contribution in [3.05, 3.63) is 0 Å². The Morgan fingerprint density at radius 1 is 1.32 bits per heavy atom. The maximum Gasteiger partial charge on any atom is 0.341 e. The second-order valence-electron chi connectivity index (χ2n) is 8.11. The maximum absolute atomic E-state index is 12.8. The fraction of sp³-hybridized carbons (Fsp3) is 0.850. The van der Waals surface area contributed by atoms with Gasteiger partial charge in [-0.1, -0.05) is 51.8 Å². The minimum atomic E-state index is -0.936. The van der Waals surface area contributed by atoms with Crippen LogP contribution in [0.1, 0.15) is 65.7 Å². The van der Waals surface area contributed by atoms with Crippen molar-refractivity contribution in [3.63, 3.8) is 0 Å². The molecule has 1 fully saturated rings. The minimum Gasteiger partial charge on any atom is -0.438 e. The van der Waals surface area contributed by atoms with Gasteiger partial charge in [0.15, 0.2) is 5.78 Å². The van der Waals surface area contributed by atoms with Crippen molar-refractivity contribution in [2.24, 2.45) is 11.0 Å². The molecule has 1 saturated carbocycles. The van der Waals surface area contributed by atoms with E-state index in [0.29, 0.717) is 17.6 Å². The highest BCUT2D eigenvalue weighted by molar-refractivity contribution is 8.13. The Labute approximate surface area is 173 Å². The van der Waals surface area contributed by atoms with Crippen molar-refractivity contribution < 1.29 is 14.3 Å². The zero-order valence-electron chi connectivity index (χ0n) is 17.8. The topological polar surface area (TPSA) is 74.2 Å². The van der Waals surface area contributed by atoms with Crippen molar-refractivity contribution in [1.82, 2.24) is 15.2 Å². The fourth-order valence-corrected chi connectivity index (χ4v) is 4.10. The summed E-state index contributed by atoms with van der Waals surface area (Å²) in [6.45, 7) is 8.13. The summed E-state index contributed by atoms with van der Waals surface area (Å²) in [5.41, 5.74) is 0. The lowest BCUT2D eigenvalue weighted by molar-refractivity contribution is -0.131. The van der Waals surface area contributed by atoms with Crippen LogP contribution in [-0.4, -0.2) is 65.1 Å². The first-order valence-corrected chi connectivity index (χ1v) is 11.6. The Hall–Kier alpha value is -1.28. The van der Waals surface area contributed by atoms with Crippen LogP contribution in [0.25, 0.3) is 0 Å². The number of ketones is 1. The Morgan fingerprint density at radius 2 is 2.04 bits per heavy atom. The largest absolute Gasteiger partial charge is 0.438 e. The van der Waals surface area contributed by atoms with Crippen LogP contribution in [0.2, 0.25) is 0 Å².